The molecule has 0 fully saturated rings. The predicted octanol–water partition coefficient (Wildman–Crippen LogP) is 4.03. The van der Waals surface area contributed by atoms with E-state index in [1.165, 1.54) is 0 Å². The van der Waals surface area contributed by atoms with E-state index >= 15 is 0 Å². The molecule has 4 nitrogen and oxygen atoms in total. The summed E-state index contributed by atoms with van der Waals surface area (Å²) in [6.45, 7) is 0.648. The molecule has 0 spiro atoms. The molecule has 3 rings (SSSR count). The molecule has 0 saturated carbocycles. The first-order valence-corrected chi connectivity index (χ1v) is 8.22. The van der Waals surface area contributed by atoms with E-state index in [-0.39, 0.29) is 5.91 Å². The SMILES string of the molecule is CN(C(=O)c1cccc(NCc2cscn2)c1)c1ccccc1. The molecule has 1 aromatic heterocycles. The Kier molecular flexibility index (Phi) is 4.68. The number of hydrogen-bond donors (Lipinski definition) is 1. The average molecular weight is 323 g/mol. The van der Waals surface area contributed by atoms with Crippen LogP contribution in [0, 0.1) is 0 Å². The molecule has 0 aliphatic rings. The molecule has 116 valence electrons. The second kappa shape index (κ2) is 7.07. The van der Waals surface area contributed by atoms with Crippen molar-refractivity contribution in [3.63, 3.8) is 0 Å². The second-order valence-electron chi connectivity index (χ2n) is 5.11. The van der Waals surface area contributed by atoms with Crippen LogP contribution in [0.3, 0.4) is 0 Å². The van der Waals surface area contributed by atoms with Gasteiger partial charge < -0.3 is 10.2 Å². The molecule has 1 amide bonds. The normalized spacial score (nSPS) is 10.3. The van der Waals surface area contributed by atoms with Gasteiger partial charge in [0, 0.05) is 29.4 Å². The lowest BCUT2D eigenvalue weighted by atomic mass is 10.1. The van der Waals surface area contributed by atoms with Crippen LogP contribution in [0.25, 0.3) is 0 Å². The minimum atomic E-state index is -0.0338. The Bertz CT molecular complexity index is 772. The Labute approximate surface area is 139 Å². The van der Waals surface area contributed by atoms with Crippen LogP contribution in [0.1, 0.15) is 16.1 Å². The van der Waals surface area contributed by atoms with Crippen molar-refractivity contribution >= 4 is 28.6 Å². The van der Waals surface area contributed by atoms with E-state index in [9.17, 15) is 4.79 Å². The number of benzene rings is 2. The molecular weight excluding hydrogens is 306 g/mol. The van der Waals surface area contributed by atoms with Crippen LogP contribution in [-0.4, -0.2) is 17.9 Å². The third kappa shape index (κ3) is 3.76. The van der Waals surface area contributed by atoms with Gasteiger partial charge in [0.25, 0.3) is 5.91 Å². The Balaban J connectivity index is 1.72. The second-order valence-corrected chi connectivity index (χ2v) is 5.83. The van der Waals surface area contributed by atoms with Gasteiger partial charge in [-0.05, 0) is 30.3 Å². The van der Waals surface area contributed by atoms with E-state index < -0.39 is 0 Å². The van der Waals surface area contributed by atoms with Crippen molar-refractivity contribution in [2.75, 3.05) is 17.3 Å². The number of nitrogens with one attached hydrogen (secondary N) is 1. The molecule has 0 unspecified atom stereocenters. The van der Waals surface area contributed by atoms with Crippen molar-refractivity contribution < 1.29 is 4.79 Å². The lowest BCUT2D eigenvalue weighted by Gasteiger charge is -2.17. The molecule has 3 aromatic rings. The number of thiazole rings is 1. The van der Waals surface area contributed by atoms with Gasteiger partial charge in [0.2, 0.25) is 0 Å². The third-order valence-electron chi connectivity index (χ3n) is 3.51. The van der Waals surface area contributed by atoms with Crippen LogP contribution in [-0.2, 0) is 6.54 Å². The summed E-state index contributed by atoms with van der Waals surface area (Å²) in [5.74, 6) is -0.0338. The zero-order valence-corrected chi connectivity index (χ0v) is 13.6. The number of aromatic nitrogens is 1. The van der Waals surface area contributed by atoms with Gasteiger partial charge in [0.15, 0.2) is 0 Å². The number of anilines is 2. The van der Waals surface area contributed by atoms with E-state index in [2.05, 4.69) is 10.3 Å². The highest BCUT2D eigenvalue weighted by Gasteiger charge is 2.13. The molecule has 0 radical (unpaired) electrons. The minimum absolute atomic E-state index is 0.0338. The Morgan fingerprint density at radius 1 is 1.17 bits per heavy atom. The highest BCUT2D eigenvalue weighted by Crippen LogP contribution is 2.18. The van der Waals surface area contributed by atoms with Crippen LogP contribution in [0.5, 0.6) is 0 Å². The summed E-state index contributed by atoms with van der Waals surface area (Å²) in [7, 11) is 1.78. The van der Waals surface area contributed by atoms with Crippen LogP contribution in [0.2, 0.25) is 0 Å². The number of para-hydroxylation sites is 1. The van der Waals surface area contributed by atoms with Crippen LogP contribution in [0.4, 0.5) is 11.4 Å². The van der Waals surface area contributed by atoms with Crippen LogP contribution in [0.15, 0.2) is 65.5 Å². The van der Waals surface area contributed by atoms with Gasteiger partial charge in [-0.25, -0.2) is 4.98 Å². The molecule has 0 aliphatic heterocycles. The Hall–Kier alpha value is -2.66. The summed E-state index contributed by atoms with van der Waals surface area (Å²) < 4.78 is 0. The van der Waals surface area contributed by atoms with Gasteiger partial charge in [-0.2, -0.15) is 0 Å². The third-order valence-corrected chi connectivity index (χ3v) is 4.15. The number of rotatable bonds is 5. The number of amides is 1. The van der Waals surface area contributed by atoms with E-state index in [0.717, 1.165) is 17.1 Å². The lowest BCUT2D eigenvalue weighted by molar-refractivity contribution is 0.0993. The summed E-state index contributed by atoms with van der Waals surface area (Å²) in [5, 5.41) is 5.30. The summed E-state index contributed by atoms with van der Waals surface area (Å²) in [4.78, 5) is 18.5. The largest absolute Gasteiger partial charge is 0.379 e. The summed E-state index contributed by atoms with van der Waals surface area (Å²) >= 11 is 1.57. The highest BCUT2D eigenvalue weighted by atomic mass is 32.1. The standard InChI is InChI=1S/C18H17N3OS/c1-21(17-8-3-2-4-9-17)18(22)14-6-5-7-15(10-14)19-11-16-12-23-13-20-16/h2-10,12-13,19H,11H2,1H3. The van der Waals surface area contributed by atoms with Crippen molar-refractivity contribution in [1.29, 1.82) is 0 Å². The first-order valence-electron chi connectivity index (χ1n) is 7.28. The van der Waals surface area contributed by atoms with E-state index in [4.69, 9.17) is 0 Å². The molecule has 23 heavy (non-hydrogen) atoms. The highest BCUT2D eigenvalue weighted by molar-refractivity contribution is 7.07. The number of carbonyl (C=O) groups is 1. The summed E-state index contributed by atoms with van der Waals surface area (Å²) in [6, 6.07) is 17.1. The maximum atomic E-state index is 12.6. The zero-order valence-electron chi connectivity index (χ0n) is 12.8. The van der Waals surface area contributed by atoms with Crippen LogP contribution >= 0.6 is 11.3 Å². The molecule has 1 heterocycles. The fraction of sp³-hybridized carbons (Fsp3) is 0.111. The molecule has 0 bridgehead atoms. The fourth-order valence-electron chi connectivity index (χ4n) is 2.24. The van der Waals surface area contributed by atoms with Gasteiger partial charge in [-0.3, -0.25) is 4.79 Å². The first-order chi connectivity index (χ1) is 11.2. The number of nitrogens with zero attached hydrogens (tertiary/aromatic N) is 2. The van der Waals surface area contributed by atoms with Gasteiger partial charge >= 0.3 is 0 Å². The van der Waals surface area contributed by atoms with Gasteiger partial charge in [0.1, 0.15) is 0 Å². The van der Waals surface area contributed by atoms with E-state index in [1.807, 2.05) is 65.5 Å². The molecule has 0 atom stereocenters. The monoisotopic (exact) mass is 323 g/mol. The molecule has 0 saturated heterocycles. The van der Waals surface area contributed by atoms with Gasteiger partial charge in [0.05, 0.1) is 17.7 Å². The molecular formula is C18H17N3OS. The van der Waals surface area contributed by atoms with Crippen molar-refractivity contribution in [3.8, 4) is 0 Å². The molecule has 0 aliphatic carbocycles. The van der Waals surface area contributed by atoms with Gasteiger partial charge in [-0.1, -0.05) is 24.3 Å². The zero-order chi connectivity index (χ0) is 16.1. The molecule has 2 aromatic carbocycles. The molecule has 5 heteroatoms. The maximum Gasteiger partial charge on any atom is 0.258 e. The average Bonchev–Trinajstić information content (AvgIpc) is 3.13. The molecule has 1 N–H and O–H groups in total. The quantitative estimate of drug-likeness (QED) is 0.771. The number of hydrogen-bond acceptors (Lipinski definition) is 4. The van der Waals surface area contributed by atoms with E-state index in [1.54, 1.807) is 23.3 Å². The number of carbonyl (C=O) groups excluding carboxylic acids is 1. The van der Waals surface area contributed by atoms with Crippen LogP contribution < -0.4 is 10.2 Å². The maximum absolute atomic E-state index is 12.6. The summed E-state index contributed by atoms with van der Waals surface area (Å²) in [6.07, 6.45) is 0. The van der Waals surface area contributed by atoms with Crippen molar-refractivity contribution in [3.05, 3.63) is 76.7 Å². The van der Waals surface area contributed by atoms with Gasteiger partial charge in [-0.15, -0.1) is 11.3 Å². The Morgan fingerprint density at radius 2 is 2.00 bits per heavy atom. The van der Waals surface area contributed by atoms with Crippen molar-refractivity contribution in [2.24, 2.45) is 0 Å². The van der Waals surface area contributed by atoms with Crippen molar-refractivity contribution in [2.45, 2.75) is 6.54 Å². The first kappa shape index (κ1) is 15.2. The minimum Gasteiger partial charge on any atom is -0.379 e. The van der Waals surface area contributed by atoms with Crippen molar-refractivity contribution in [1.82, 2.24) is 4.98 Å². The predicted molar refractivity (Wildman–Crippen MR) is 95.1 cm³/mol. The topological polar surface area (TPSA) is 45.2 Å². The van der Waals surface area contributed by atoms with E-state index in [0.29, 0.717) is 12.1 Å². The Morgan fingerprint density at radius 3 is 2.74 bits per heavy atom. The summed E-state index contributed by atoms with van der Waals surface area (Å²) in [5.41, 5.74) is 5.24. The smallest absolute Gasteiger partial charge is 0.258 e. The fourth-order valence-corrected chi connectivity index (χ4v) is 2.80. The lowest BCUT2D eigenvalue weighted by Crippen LogP contribution is -2.26.